The summed E-state index contributed by atoms with van der Waals surface area (Å²) in [6.45, 7) is 2.10. The van der Waals surface area contributed by atoms with Crippen LogP contribution in [0.25, 0.3) is 0 Å². The number of rotatable bonds is 5. The van der Waals surface area contributed by atoms with Crippen molar-refractivity contribution in [2.24, 2.45) is 0 Å². The fourth-order valence-electron chi connectivity index (χ4n) is 1.51. The number of hydrogen-bond acceptors (Lipinski definition) is 6. The van der Waals surface area contributed by atoms with E-state index in [4.69, 9.17) is 10.5 Å². The molecule has 2 N–H and O–H groups in total. The summed E-state index contributed by atoms with van der Waals surface area (Å²) >= 11 is 1.77. The standard InChI is InChI=1S/C12H19N3O2S/c1-8(7-18-4)15(2)11-5-9(12(16)17-3)10(13)6-14-11/h5-6,8H,7,13H2,1-4H3. The Morgan fingerprint density at radius 1 is 1.67 bits per heavy atom. The van der Waals surface area contributed by atoms with Gasteiger partial charge in [-0.15, -0.1) is 0 Å². The topological polar surface area (TPSA) is 68.5 Å². The van der Waals surface area contributed by atoms with Crippen molar-refractivity contribution in [2.45, 2.75) is 13.0 Å². The SMILES string of the molecule is COC(=O)c1cc(N(C)C(C)CSC)ncc1N. The zero-order valence-electron chi connectivity index (χ0n) is 11.1. The molecule has 0 radical (unpaired) electrons. The van der Waals surface area contributed by atoms with E-state index >= 15 is 0 Å². The van der Waals surface area contributed by atoms with Crippen LogP contribution in [-0.4, -0.2) is 43.2 Å². The van der Waals surface area contributed by atoms with E-state index in [1.807, 2.05) is 11.9 Å². The third-order valence-corrected chi connectivity index (χ3v) is 3.57. The van der Waals surface area contributed by atoms with E-state index in [0.29, 0.717) is 23.1 Å². The van der Waals surface area contributed by atoms with E-state index in [1.54, 1.807) is 17.8 Å². The number of carbonyl (C=O) groups is 1. The summed E-state index contributed by atoms with van der Waals surface area (Å²) in [5.74, 6) is 1.25. The van der Waals surface area contributed by atoms with Crippen LogP contribution < -0.4 is 10.6 Å². The summed E-state index contributed by atoms with van der Waals surface area (Å²) in [6.07, 6.45) is 3.55. The highest BCUT2D eigenvalue weighted by Crippen LogP contribution is 2.20. The molecule has 1 heterocycles. The van der Waals surface area contributed by atoms with Gasteiger partial charge < -0.3 is 15.4 Å². The fourth-order valence-corrected chi connectivity index (χ4v) is 2.22. The number of nitrogens with zero attached hydrogens (tertiary/aromatic N) is 2. The number of carbonyl (C=O) groups excluding carboxylic acids is 1. The van der Waals surface area contributed by atoms with Crippen LogP contribution in [0.3, 0.4) is 0 Å². The Morgan fingerprint density at radius 2 is 2.33 bits per heavy atom. The van der Waals surface area contributed by atoms with Gasteiger partial charge in [0.2, 0.25) is 0 Å². The predicted molar refractivity (Wildman–Crippen MR) is 76.2 cm³/mol. The summed E-state index contributed by atoms with van der Waals surface area (Å²) < 4.78 is 4.69. The van der Waals surface area contributed by atoms with Crippen molar-refractivity contribution >= 4 is 29.2 Å². The zero-order valence-corrected chi connectivity index (χ0v) is 12.0. The van der Waals surface area contributed by atoms with Crippen molar-refractivity contribution in [3.63, 3.8) is 0 Å². The molecule has 100 valence electrons. The maximum Gasteiger partial charge on any atom is 0.340 e. The fraction of sp³-hybridized carbons (Fsp3) is 0.500. The van der Waals surface area contributed by atoms with Gasteiger partial charge in [0.05, 0.1) is 24.6 Å². The summed E-state index contributed by atoms with van der Waals surface area (Å²) in [6, 6.07) is 1.99. The molecule has 18 heavy (non-hydrogen) atoms. The van der Waals surface area contributed by atoms with E-state index in [2.05, 4.69) is 18.2 Å². The molecule has 0 saturated heterocycles. The van der Waals surface area contributed by atoms with E-state index < -0.39 is 5.97 Å². The molecule has 1 aromatic heterocycles. The van der Waals surface area contributed by atoms with E-state index in [-0.39, 0.29) is 0 Å². The molecule has 0 aliphatic carbocycles. The quantitative estimate of drug-likeness (QED) is 0.820. The van der Waals surface area contributed by atoms with Gasteiger partial charge in [0.15, 0.2) is 0 Å². The number of esters is 1. The Kier molecular flexibility index (Phi) is 5.27. The first kappa shape index (κ1) is 14.6. The highest BCUT2D eigenvalue weighted by Gasteiger charge is 2.16. The van der Waals surface area contributed by atoms with Gasteiger partial charge in [0, 0.05) is 18.8 Å². The van der Waals surface area contributed by atoms with Crippen molar-refractivity contribution in [3.05, 3.63) is 17.8 Å². The monoisotopic (exact) mass is 269 g/mol. The Bertz CT molecular complexity index is 426. The minimum absolute atomic E-state index is 0.321. The van der Waals surface area contributed by atoms with Crippen molar-refractivity contribution in [2.75, 3.05) is 36.8 Å². The Hall–Kier alpha value is -1.43. The lowest BCUT2D eigenvalue weighted by Crippen LogP contribution is -2.31. The first-order chi connectivity index (χ1) is 8.51. The van der Waals surface area contributed by atoms with E-state index in [0.717, 1.165) is 5.75 Å². The largest absolute Gasteiger partial charge is 0.465 e. The van der Waals surface area contributed by atoms with E-state index in [1.165, 1.54) is 13.3 Å². The van der Waals surface area contributed by atoms with Crippen LogP contribution in [0.1, 0.15) is 17.3 Å². The number of nitrogens with two attached hydrogens (primary N) is 1. The number of aromatic nitrogens is 1. The lowest BCUT2D eigenvalue weighted by atomic mass is 10.2. The maximum absolute atomic E-state index is 11.6. The number of nitrogen functional groups attached to an aromatic ring is 1. The number of thioether (sulfide) groups is 1. The molecule has 1 unspecified atom stereocenters. The maximum atomic E-state index is 11.6. The third kappa shape index (κ3) is 3.29. The smallest absolute Gasteiger partial charge is 0.340 e. The number of methoxy groups -OCH3 is 1. The molecular formula is C12H19N3O2S. The highest BCUT2D eigenvalue weighted by atomic mass is 32.2. The van der Waals surface area contributed by atoms with Crippen molar-refractivity contribution in [3.8, 4) is 0 Å². The second-order valence-electron chi connectivity index (χ2n) is 4.04. The molecule has 1 atom stereocenters. The van der Waals surface area contributed by atoms with Gasteiger partial charge in [-0.2, -0.15) is 11.8 Å². The molecule has 1 rings (SSSR count). The van der Waals surface area contributed by atoms with Crippen LogP contribution in [0.15, 0.2) is 12.3 Å². The van der Waals surface area contributed by atoms with E-state index in [9.17, 15) is 4.79 Å². The van der Waals surface area contributed by atoms with Crippen molar-refractivity contribution in [1.29, 1.82) is 0 Å². The van der Waals surface area contributed by atoms with Crippen LogP contribution in [0.2, 0.25) is 0 Å². The molecule has 0 amide bonds. The van der Waals surface area contributed by atoms with Gasteiger partial charge in [-0.25, -0.2) is 9.78 Å². The van der Waals surface area contributed by atoms with Crippen molar-refractivity contribution < 1.29 is 9.53 Å². The Labute approximate surface area is 112 Å². The molecule has 0 bridgehead atoms. The van der Waals surface area contributed by atoms with Gasteiger partial charge in [0.1, 0.15) is 5.82 Å². The average molecular weight is 269 g/mol. The lowest BCUT2D eigenvalue weighted by Gasteiger charge is -2.25. The highest BCUT2D eigenvalue weighted by molar-refractivity contribution is 7.98. The summed E-state index contributed by atoms with van der Waals surface area (Å²) in [5, 5.41) is 0. The molecule has 0 fully saturated rings. The second kappa shape index (κ2) is 6.49. The van der Waals surface area contributed by atoms with Crippen molar-refractivity contribution in [1.82, 2.24) is 4.98 Å². The molecule has 0 saturated carbocycles. The summed E-state index contributed by atoms with van der Waals surface area (Å²) in [5.41, 5.74) is 6.40. The molecule has 6 heteroatoms. The summed E-state index contributed by atoms with van der Waals surface area (Å²) in [4.78, 5) is 17.8. The third-order valence-electron chi connectivity index (χ3n) is 2.76. The van der Waals surface area contributed by atoms with Gasteiger partial charge in [-0.05, 0) is 19.2 Å². The lowest BCUT2D eigenvalue weighted by molar-refractivity contribution is 0.0602. The molecular weight excluding hydrogens is 250 g/mol. The Morgan fingerprint density at radius 3 is 2.89 bits per heavy atom. The zero-order chi connectivity index (χ0) is 13.7. The summed E-state index contributed by atoms with van der Waals surface area (Å²) in [7, 11) is 3.28. The number of ether oxygens (including phenoxy) is 1. The van der Waals surface area contributed by atoms with Gasteiger partial charge in [-0.3, -0.25) is 0 Å². The molecule has 0 aromatic carbocycles. The molecule has 0 aliphatic rings. The van der Waals surface area contributed by atoms with Crippen LogP contribution in [-0.2, 0) is 4.74 Å². The molecule has 0 aliphatic heterocycles. The second-order valence-corrected chi connectivity index (χ2v) is 4.95. The van der Waals surface area contributed by atoms with Gasteiger partial charge in [-0.1, -0.05) is 0 Å². The Balaban J connectivity index is 3.00. The average Bonchev–Trinajstić information content (AvgIpc) is 2.38. The molecule has 5 nitrogen and oxygen atoms in total. The normalized spacial score (nSPS) is 12.0. The molecule has 0 spiro atoms. The first-order valence-corrected chi connectivity index (χ1v) is 6.96. The van der Waals surface area contributed by atoms with Crippen LogP contribution >= 0.6 is 11.8 Å². The van der Waals surface area contributed by atoms with Crippen LogP contribution in [0.4, 0.5) is 11.5 Å². The molecule has 1 aromatic rings. The van der Waals surface area contributed by atoms with Crippen LogP contribution in [0, 0.1) is 0 Å². The number of hydrogen-bond donors (Lipinski definition) is 1. The predicted octanol–water partition coefficient (Wildman–Crippen LogP) is 1.64. The van der Waals surface area contributed by atoms with Gasteiger partial charge >= 0.3 is 5.97 Å². The first-order valence-electron chi connectivity index (χ1n) is 5.56. The van der Waals surface area contributed by atoms with Crippen LogP contribution in [0.5, 0.6) is 0 Å². The minimum atomic E-state index is -0.443. The minimum Gasteiger partial charge on any atom is -0.465 e. The number of anilines is 2. The van der Waals surface area contributed by atoms with Gasteiger partial charge in [0.25, 0.3) is 0 Å². The number of pyridine rings is 1.